The average molecular weight is 278 g/mol. The second-order valence-corrected chi connectivity index (χ2v) is 4.84. The smallest absolute Gasteiger partial charge is 0.287 e. The van der Waals surface area contributed by atoms with Crippen LogP contribution in [0.4, 0.5) is 0 Å². The molecule has 1 N–H and O–H groups in total. The molecule has 1 atom stereocenters. The van der Waals surface area contributed by atoms with Crippen molar-refractivity contribution in [1.82, 2.24) is 5.32 Å². The fourth-order valence-corrected chi connectivity index (χ4v) is 2.26. The van der Waals surface area contributed by atoms with Crippen molar-refractivity contribution >= 4 is 29.1 Å². The number of hydrogen-bond donors (Lipinski definition) is 1. The number of nitrogens with one attached hydrogen (secondary N) is 1. The summed E-state index contributed by atoms with van der Waals surface area (Å²) in [5, 5.41) is 2.89. The Bertz CT molecular complexity index is 361. The average Bonchev–Trinajstić information content (AvgIpc) is 2.74. The highest BCUT2D eigenvalue weighted by atomic mass is 35.5. The summed E-state index contributed by atoms with van der Waals surface area (Å²) in [5.74, 6) is 0.342. The Hall–Kier alpha value is -0.670. The highest BCUT2D eigenvalue weighted by Gasteiger charge is 2.18. The van der Waals surface area contributed by atoms with Crippen LogP contribution in [0.15, 0.2) is 16.5 Å². The number of hydrogen-bond acceptors (Lipinski definition) is 2. The van der Waals surface area contributed by atoms with E-state index < -0.39 is 0 Å². The first-order valence-corrected chi connectivity index (χ1v) is 6.57. The van der Waals surface area contributed by atoms with E-state index in [1.807, 2.05) is 0 Å². The normalized spacial score (nSPS) is 12.8. The van der Waals surface area contributed by atoms with Gasteiger partial charge in [-0.25, -0.2) is 0 Å². The van der Waals surface area contributed by atoms with E-state index in [4.69, 9.17) is 27.6 Å². The van der Waals surface area contributed by atoms with Gasteiger partial charge in [-0.2, -0.15) is 0 Å². The summed E-state index contributed by atoms with van der Waals surface area (Å²) in [4.78, 5) is 11.6. The molecule has 1 rings (SSSR count). The molecular weight excluding hydrogens is 261 g/mol. The van der Waals surface area contributed by atoms with Gasteiger partial charge in [0.1, 0.15) is 0 Å². The number of halogens is 2. The summed E-state index contributed by atoms with van der Waals surface area (Å²) in [6, 6.07) is 3.08. The molecule has 17 heavy (non-hydrogen) atoms. The summed E-state index contributed by atoms with van der Waals surface area (Å²) in [6.07, 6.45) is 2.01. The molecule has 0 saturated heterocycles. The minimum atomic E-state index is -0.284. The van der Waals surface area contributed by atoms with E-state index >= 15 is 0 Å². The van der Waals surface area contributed by atoms with E-state index in [-0.39, 0.29) is 22.3 Å². The Balaban J connectivity index is 2.43. The molecule has 5 heteroatoms. The fourth-order valence-electron chi connectivity index (χ4n) is 1.68. The molecule has 0 aromatic carbocycles. The van der Waals surface area contributed by atoms with Gasteiger partial charge in [-0.05, 0) is 29.7 Å². The topological polar surface area (TPSA) is 42.2 Å². The predicted molar refractivity (Wildman–Crippen MR) is 69.8 cm³/mol. The molecule has 1 heterocycles. The van der Waals surface area contributed by atoms with Gasteiger partial charge in [-0.1, -0.05) is 26.7 Å². The predicted octanol–water partition coefficient (Wildman–Crippen LogP) is 3.71. The lowest BCUT2D eigenvalue weighted by atomic mass is 9.99. The maximum absolute atomic E-state index is 11.6. The zero-order valence-electron chi connectivity index (χ0n) is 10.0. The molecule has 1 aromatic rings. The van der Waals surface area contributed by atoms with Crippen LogP contribution < -0.4 is 5.32 Å². The highest BCUT2D eigenvalue weighted by molar-refractivity contribution is 6.29. The standard InChI is InChI=1S/C12H17Cl2NO2/c1-3-8(4-2)9(13)7-15-12(16)10-5-6-11(14)17-10/h5-6,8-9H,3-4,7H2,1-2H3,(H,15,16). The van der Waals surface area contributed by atoms with E-state index in [2.05, 4.69) is 19.2 Å². The Morgan fingerprint density at radius 1 is 1.41 bits per heavy atom. The lowest BCUT2D eigenvalue weighted by molar-refractivity contribution is 0.0924. The van der Waals surface area contributed by atoms with Gasteiger partial charge in [0.2, 0.25) is 0 Å². The molecule has 96 valence electrons. The second-order valence-electron chi connectivity index (χ2n) is 3.91. The van der Waals surface area contributed by atoms with Crippen LogP contribution >= 0.6 is 23.2 Å². The molecular formula is C12H17Cl2NO2. The first kappa shape index (κ1) is 14.4. The first-order valence-electron chi connectivity index (χ1n) is 5.76. The van der Waals surface area contributed by atoms with Crippen molar-refractivity contribution in [2.75, 3.05) is 6.54 Å². The van der Waals surface area contributed by atoms with Crippen LogP contribution in [0.5, 0.6) is 0 Å². The van der Waals surface area contributed by atoms with Gasteiger partial charge in [0.05, 0.1) is 5.38 Å². The van der Waals surface area contributed by atoms with Crippen molar-refractivity contribution in [3.8, 4) is 0 Å². The Labute approximate surface area is 111 Å². The Morgan fingerprint density at radius 2 is 2.06 bits per heavy atom. The SMILES string of the molecule is CCC(CC)C(Cl)CNC(=O)c1ccc(Cl)o1. The second kappa shape index (κ2) is 6.92. The van der Waals surface area contributed by atoms with E-state index in [0.29, 0.717) is 12.5 Å². The largest absolute Gasteiger partial charge is 0.440 e. The number of furan rings is 1. The monoisotopic (exact) mass is 277 g/mol. The van der Waals surface area contributed by atoms with Crippen LogP contribution in [0.3, 0.4) is 0 Å². The molecule has 0 saturated carbocycles. The summed E-state index contributed by atoms with van der Waals surface area (Å²) in [6.45, 7) is 4.63. The number of amides is 1. The van der Waals surface area contributed by atoms with Crippen LogP contribution in [0.25, 0.3) is 0 Å². The number of rotatable bonds is 6. The van der Waals surface area contributed by atoms with Crippen molar-refractivity contribution in [3.05, 3.63) is 23.1 Å². The van der Waals surface area contributed by atoms with E-state index in [0.717, 1.165) is 12.8 Å². The van der Waals surface area contributed by atoms with Gasteiger partial charge in [0, 0.05) is 6.54 Å². The number of alkyl halides is 1. The van der Waals surface area contributed by atoms with Crippen LogP contribution in [-0.2, 0) is 0 Å². The molecule has 0 radical (unpaired) electrons. The third kappa shape index (κ3) is 4.25. The van der Waals surface area contributed by atoms with Crippen LogP contribution in [0.2, 0.25) is 5.22 Å². The van der Waals surface area contributed by atoms with Crippen LogP contribution in [0, 0.1) is 5.92 Å². The van der Waals surface area contributed by atoms with Gasteiger partial charge in [0.15, 0.2) is 11.0 Å². The van der Waals surface area contributed by atoms with E-state index in [1.165, 1.54) is 12.1 Å². The Kier molecular flexibility index (Phi) is 5.86. The zero-order chi connectivity index (χ0) is 12.8. The number of carbonyl (C=O) groups is 1. The lowest BCUT2D eigenvalue weighted by Crippen LogP contribution is -2.32. The molecule has 0 spiro atoms. The minimum absolute atomic E-state index is 0.0561. The third-order valence-corrected chi connectivity index (χ3v) is 3.53. The fraction of sp³-hybridized carbons (Fsp3) is 0.583. The molecule has 0 aliphatic rings. The maximum Gasteiger partial charge on any atom is 0.287 e. The van der Waals surface area contributed by atoms with Crippen molar-refractivity contribution in [3.63, 3.8) is 0 Å². The molecule has 0 bridgehead atoms. The zero-order valence-corrected chi connectivity index (χ0v) is 11.5. The summed E-state index contributed by atoms with van der Waals surface area (Å²) in [7, 11) is 0. The molecule has 3 nitrogen and oxygen atoms in total. The lowest BCUT2D eigenvalue weighted by Gasteiger charge is -2.19. The quantitative estimate of drug-likeness (QED) is 0.806. The van der Waals surface area contributed by atoms with Gasteiger partial charge < -0.3 is 9.73 Å². The van der Waals surface area contributed by atoms with Crippen molar-refractivity contribution in [2.24, 2.45) is 5.92 Å². The molecule has 0 aliphatic heterocycles. The first-order chi connectivity index (χ1) is 8.08. The van der Waals surface area contributed by atoms with Gasteiger partial charge in [0.25, 0.3) is 5.91 Å². The van der Waals surface area contributed by atoms with Gasteiger partial charge in [-0.3, -0.25) is 4.79 Å². The summed E-state index contributed by atoms with van der Waals surface area (Å²) >= 11 is 11.8. The highest BCUT2D eigenvalue weighted by Crippen LogP contribution is 2.18. The molecule has 0 fully saturated rings. The summed E-state index contributed by atoms with van der Waals surface area (Å²) < 4.78 is 5.00. The van der Waals surface area contributed by atoms with Crippen LogP contribution in [0.1, 0.15) is 37.2 Å². The van der Waals surface area contributed by atoms with Gasteiger partial charge >= 0.3 is 0 Å². The van der Waals surface area contributed by atoms with Crippen molar-refractivity contribution in [2.45, 2.75) is 32.1 Å². The van der Waals surface area contributed by atoms with Crippen molar-refractivity contribution in [1.29, 1.82) is 0 Å². The molecule has 1 aromatic heterocycles. The minimum Gasteiger partial charge on any atom is -0.440 e. The maximum atomic E-state index is 11.6. The van der Waals surface area contributed by atoms with Crippen LogP contribution in [-0.4, -0.2) is 17.8 Å². The third-order valence-electron chi connectivity index (χ3n) is 2.81. The number of carbonyl (C=O) groups excluding carboxylic acids is 1. The van der Waals surface area contributed by atoms with Gasteiger partial charge in [-0.15, -0.1) is 11.6 Å². The molecule has 0 aliphatic carbocycles. The van der Waals surface area contributed by atoms with E-state index in [9.17, 15) is 4.79 Å². The Morgan fingerprint density at radius 3 is 2.53 bits per heavy atom. The molecule has 1 amide bonds. The van der Waals surface area contributed by atoms with E-state index in [1.54, 1.807) is 0 Å². The van der Waals surface area contributed by atoms with Crippen molar-refractivity contribution < 1.29 is 9.21 Å². The molecule has 1 unspecified atom stereocenters. The summed E-state index contributed by atoms with van der Waals surface area (Å²) in [5.41, 5.74) is 0.